The van der Waals surface area contributed by atoms with Crippen LogP contribution in [0.5, 0.6) is 0 Å². The summed E-state index contributed by atoms with van der Waals surface area (Å²) in [6, 6.07) is 18.9. The molecule has 6 nitrogen and oxygen atoms in total. The van der Waals surface area contributed by atoms with Crippen molar-refractivity contribution in [2.24, 2.45) is 4.99 Å². The summed E-state index contributed by atoms with van der Waals surface area (Å²) in [5, 5.41) is 11.4. The number of hydrogen-bond donors (Lipinski definition) is 2. The van der Waals surface area contributed by atoms with E-state index >= 15 is 0 Å². The van der Waals surface area contributed by atoms with Crippen molar-refractivity contribution in [1.29, 1.82) is 0 Å². The summed E-state index contributed by atoms with van der Waals surface area (Å²) < 4.78 is 1.82. The highest BCUT2D eigenvalue weighted by Crippen LogP contribution is 2.21. The third kappa shape index (κ3) is 7.27. The number of nitrogens with one attached hydrogen (secondary N) is 2. The fourth-order valence-electron chi connectivity index (χ4n) is 2.85. The maximum Gasteiger partial charge on any atom is 0.191 e. The van der Waals surface area contributed by atoms with Crippen LogP contribution in [0.15, 0.2) is 77.1 Å². The van der Waals surface area contributed by atoms with Gasteiger partial charge in [-0.15, -0.1) is 11.8 Å². The zero-order valence-corrected chi connectivity index (χ0v) is 17.8. The molecule has 29 heavy (non-hydrogen) atoms. The molecule has 0 fully saturated rings. The van der Waals surface area contributed by atoms with Crippen molar-refractivity contribution in [2.45, 2.75) is 37.1 Å². The first kappa shape index (κ1) is 20.9. The van der Waals surface area contributed by atoms with Gasteiger partial charge in [-0.3, -0.25) is 0 Å². The van der Waals surface area contributed by atoms with Crippen LogP contribution in [0.3, 0.4) is 0 Å². The number of aliphatic imine (C=N–C) groups is 1. The number of benzene rings is 2. The van der Waals surface area contributed by atoms with Crippen LogP contribution in [0.25, 0.3) is 0 Å². The van der Waals surface area contributed by atoms with Gasteiger partial charge >= 0.3 is 0 Å². The summed E-state index contributed by atoms with van der Waals surface area (Å²) in [6.07, 6.45) is 3.28. The summed E-state index contributed by atoms with van der Waals surface area (Å²) in [7, 11) is 0. The van der Waals surface area contributed by atoms with Crippen molar-refractivity contribution in [2.75, 3.05) is 13.1 Å². The van der Waals surface area contributed by atoms with Crippen LogP contribution in [-0.2, 0) is 13.1 Å². The van der Waals surface area contributed by atoms with E-state index in [9.17, 15) is 0 Å². The Morgan fingerprint density at radius 2 is 1.93 bits per heavy atom. The summed E-state index contributed by atoms with van der Waals surface area (Å²) in [6.45, 7) is 7.32. The van der Waals surface area contributed by atoms with Gasteiger partial charge in [0.2, 0.25) is 0 Å². The molecule has 0 amide bonds. The number of aromatic nitrogens is 3. The zero-order chi connectivity index (χ0) is 20.3. The summed E-state index contributed by atoms with van der Waals surface area (Å²) in [4.78, 5) is 10.0. The molecule has 1 heterocycles. The van der Waals surface area contributed by atoms with Gasteiger partial charge in [-0.25, -0.2) is 14.7 Å². The first-order valence-corrected chi connectivity index (χ1v) is 10.7. The lowest BCUT2D eigenvalue weighted by molar-refractivity contribution is 0.684. The molecular formula is C22H28N6S. The largest absolute Gasteiger partial charge is 0.357 e. The van der Waals surface area contributed by atoms with Crippen LogP contribution >= 0.6 is 11.8 Å². The SMILES string of the molecule is CCNC(=NCc1cccc(Cn2cncn2)c1)NCC(C)Sc1ccccc1. The predicted octanol–water partition coefficient (Wildman–Crippen LogP) is 3.56. The van der Waals surface area contributed by atoms with Gasteiger partial charge < -0.3 is 10.6 Å². The van der Waals surface area contributed by atoms with Gasteiger partial charge in [-0.05, 0) is 30.2 Å². The molecule has 0 spiro atoms. The van der Waals surface area contributed by atoms with Gasteiger partial charge in [0.1, 0.15) is 12.7 Å². The summed E-state index contributed by atoms with van der Waals surface area (Å²) in [5.74, 6) is 0.842. The maximum absolute atomic E-state index is 4.75. The quantitative estimate of drug-likeness (QED) is 0.322. The highest BCUT2D eigenvalue weighted by Gasteiger charge is 2.06. The third-order valence-electron chi connectivity index (χ3n) is 4.20. The van der Waals surface area contributed by atoms with E-state index in [1.165, 1.54) is 16.0 Å². The second-order valence-corrected chi connectivity index (χ2v) is 8.24. The van der Waals surface area contributed by atoms with Gasteiger partial charge in [0.25, 0.3) is 0 Å². The molecular weight excluding hydrogens is 380 g/mol. The molecule has 0 bridgehead atoms. The Morgan fingerprint density at radius 3 is 2.69 bits per heavy atom. The molecule has 3 aromatic rings. The van der Waals surface area contributed by atoms with E-state index < -0.39 is 0 Å². The van der Waals surface area contributed by atoms with Crippen molar-refractivity contribution in [3.8, 4) is 0 Å². The van der Waals surface area contributed by atoms with Gasteiger partial charge in [-0.2, -0.15) is 5.10 Å². The smallest absolute Gasteiger partial charge is 0.191 e. The van der Waals surface area contributed by atoms with Crippen molar-refractivity contribution >= 4 is 17.7 Å². The normalized spacial score (nSPS) is 12.6. The van der Waals surface area contributed by atoms with E-state index in [2.05, 4.69) is 83.1 Å². The first-order valence-electron chi connectivity index (χ1n) is 9.87. The number of nitrogens with zero attached hydrogens (tertiary/aromatic N) is 4. The molecule has 3 rings (SSSR count). The molecule has 1 aromatic heterocycles. The molecule has 7 heteroatoms. The van der Waals surface area contributed by atoms with E-state index in [4.69, 9.17) is 4.99 Å². The first-order chi connectivity index (χ1) is 14.2. The second-order valence-electron chi connectivity index (χ2n) is 6.73. The molecule has 0 saturated carbocycles. The third-order valence-corrected chi connectivity index (χ3v) is 5.32. The number of thioether (sulfide) groups is 1. The molecule has 1 atom stereocenters. The Hall–Kier alpha value is -2.80. The van der Waals surface area contributed by atoms with E-state index in [0.29, 0.717) is 18.3 Å². The van der Waals surface area contributed by atoms with Crippen LogP contribution in [0.4, 0.5) is 0 Å². The van der Waals surface area contributed by atoms with Crippen molar-refractivity contribution in [1.82, 2.24) is 25.4 Å². The lowest BCUT2D eigenvalue weighted by Gasteiger charge is -2.16. The highest BCUT2D eigenvalue weighted by atomic mass is 32.2. The average Bonchev–Trinajstić information content (AvgIpc) is 3.24. The Labute approximate surface area is 176 Å². The molecule has 0 aliphatic heterocycles. The van der Waals surface area contributed by atoms with E-state index in [-0.39, 0.29) is 0 Å². The lowest BCUT2D eigenvalue weighted by atomic mass is 10.1. The van der Waals surface area contributed by atoms with Crippen LogP contribution in [-0.4, -0.2) is 39.1 Å². The molecule has 2 aromatic carbocycles. The van der Waals surface area contributed by atoms with E-state index in [1.54, 1.807) is 12.7 Å². The predicted molar refractivity (Wildman–Crippen MR) is 120 cm³/mol. The molecule has 152 valence electrons. The molecule has 0 saturated heterocycles. The monoisotopic (exact) mass is 408 g/mol. The molecule has 0 aliphatic carbocycles. The van der Waals surface area contributed by atoms with Gasteiger partial charge in [0.05, 0.1) is 13.1 Å². The van der Waals surface area contributed by atoms with Crippen molar-refractivity contribution in [3.05, 3.63) is 78.4 Å². The van der Waals surface area contributed by atoms with Crippen molar-refractivity contribution in [3.63, 3.8) is 0 Å². The average molecular weight is 409 g/mol. The topological polar surface area (TPSA) is 67.1 Å². The van der Waals surface area contributed by atoms with Crippen molar-refractivity contribution < 1.29 is 0 Å². The summed E-state index contributed by atoms with van der Waals surface area (Å²) in [5.41, 5.74) is 2.36. The van der Waals surface area contributed by atoms with E-state index in [0.717, 1.165) is 19.0 Å². The lowest BCUT2D eigenvalue weighted by Crippen LogP contribution is -2.40. The maximum atomic E-state index is 4.75. The van der Waals surface area contributed by atoms with Crippen LogP contribution < -0.4 is 10.6 Å². The number of guanidine groups is 1. The number of rotatable bonds is 9. The molecule has 0 aliphatic rings. The minimum atomic E-state index is 0.437. The van der Waals surface area contributed by atoms with Gasteiger partial charge in [-0.1, -0.05) is 49.4 Å². The Balaban J connectivity index is 1.54. The Bertz CT molecular complexity index is 879. The Morgan fingerprint density at radius 1 is 1.10 bits per heavy atom. The van der Waals surface area contributed by atoms with Crippen LogP contribution in [0.2, 0.25) is 0 Å². The fourth-order valence-corrected chi connectivity index (χ4v) is 3.80. The van der Waals surface area contributed by atoms with Gasteiger partial charge in [0, 0.05) is 23.2 Å². The standard InChI is InChI=1S/C22H28N6S/c1-3-24-22(25-13-18(2)29-21-10-5-4-6-11-21)26-14-19-8-7-9-20(12-19)15-28-17-23-16-27-28/h4-12,16-18H,3,13-15H2,1-2H3,(H2,24,25,26). The Kier molecular flexibility index (Phi) is 8.12. The van der Waals surface area contributed by atoms with Crippen LogP contribution in [0, 0.1) is 0 Å². The molecule has 2 N–H and O–H groups in total. The van der Waals surface area contributed by atoms with Crippen LogP contribution in [0.1, 0.15) is 25.0 Å². The molecule has 1 unspecified atom stereocenters. The number of hydrogen-bond acceptors (Lipinski definition) is 4. The summed E-state index contributed by atoms with van der Waals surface area (Å²) >= 11 is 1.86. The minimum Gasteiger partial charge on any atom is -0.357 e. The zero-order valence-electron chi connectivity index (χ0n) is 17.0. The minimum absolute atomic E-state index is 0.437. The fraction of sp³-hybridized carbons (Fsp3) is 0.318. The molecule has 0 radical (unpaired) electrons. The highest BCUT2D eigenvalue weighted by molar-refractivity contribution is 8.00. The van der Waals surface area contributed by atoms with Gasteiger partial charge in [0.15, 0.2) is 5.96 Å². The van der Waals surface area contributed by atoms with E-state index in [1.807, 2.05) is 22.5 Å². The second kappa shape index (κ2) is 11.3.